The molecular weight excluding hydrogens is 370 g/mol. The summed E-state index contributed by atoms with van der Waals surface area (Å²) in [6.07, 6.45) is 0.994. The van der Waals surface area contributed by atoms with Crippen LogP contribution in [0, 0.1) is 0 Å². The van der Waals surface area contributed by atoms with Crippen LogP contribution in [-0.2, 0) is 16.0 Å². The van der Waals surface area contributed by atoms with Gasteiger partial charge in [-0.2, -0.15) is 11.8 Å². The van der Waals surface area contributed by atoms with Crippen molar-refractivity contribution >= 4 is 39.6 Å². The van der Waals surface area contributed by atoms with Crippen molar-refractivity contribution in [2.24, 2.45) is 0 Å². The predicted octanol–water partition coefficient (Wildman–Crippen LogP) is 2.47. The molecule has 2 N–H and O–H groups in total. The number of aliphatic carboxylic acids is 1. The summed E-state index contributed by atoms with van der Waals surface area (Å²) < 4.78 is 6.09. The average molecular weight is 388 g/mol. The van der Waals surface area contributed by atoms with Gasteiger partial charge in [0.15, 0.2) is 0 Å². The fourth-order valence-electron chi connectivity index (χ4n) is 2.48. The van der Waals surface area contributed by atoms with Gasteiger partial charge in [-0.05, 0) is 42.5 Å². The molecule has 0 aliphatic carbocycles. The molecule has 0 aromatic heterocycles. The number of halogens is 1. The summed E-state index contributed by atoms with van der Waals surface area (Å²) in [5, 5.41) is 12.2. The molecule has 1 aromatic rings. The van der Waals surface area contributed by atoms with Crippen LogP contribution in [-0.4, -0.2) is 41.1 Å². The number of nitrogens with one attached hydrogen (secondary N) is 1. The molecule has 1 aliphatic heterocycles. The van der Waals surface area contributed by atoms with E-state index >= 15 is 0 Å². The highest BCUT2D eigenvalue weighted by molar-refractivity contribution is 9.10. The van der Waals surface area contributed by atoms with Crippen LogP contribution < -0.4 is 10.1 Å². The second kappa shape index (κ2) is 7.37. The highest BCUT2D eigenvalue weighted by atomic mass is 79.9. The molecule has 1 amide bonds. The first-order valence-electron chi connectivity index (χ1n) is 6.91. The lowest BCUT2D eigenvalue weighted by atomic mass is 9.92. The summed E-state index contributed by atoms with van der Waals surface area (Å²) in [4.78, 5) is 23.9. The second-order valence-corrected chi connectivity index (χ2v) is 7.32. The van der Waals surface area contributed by atoms with Crippen LogP contribution in [0.25, 0.3) is 0 Å². The van der Waals surface area contributed by atoms with Crippen molar-refractivity contribution in [3.63, 3.8) is 0 Å². The molecule has 0 radical (unpaired) electrons. The summed E-state index contributed by atoms with van der Waals surface area (Å²) in [7, 11) is 1.54. The van der Waals surface area contributed by atoms with Crippen molar-refractivity contribution in [1.82, 2.24) is 5.32 Å². The lowest BCUT2D eigenvalue weighted by molar-refractivity contribution is -0.148. The number of methoxy groups -OCH3 is 1. The standard InChI is InChI=1S/C15H18BrNO4S/c1-21-12-3-2-11(16)8-10(12)9-13(18)17-15(14(19)20)4-6-22-7-5-15/h2-3,8H,4-7,9H2,1H3,(H,17,18)(H,19,20). The van der Waals surface area contributed by atoms with Crippen LogP contribution in [0.4, 0.5) is 0 Å². The number of benzene rings is 1. The number of carboxylic acids is 1. The van der Waals surface area contributed by atoms with Crippen LogP contribution in [0.15, 0.2) is 22.7 Å². The summed E-state index contributed by atoms with van der Waals surface area (Å²) in [5.74, 6) is 0.842. The number of carboxylic acid groups (broad SMARTS) is 1. The minimum absolute atomic E-state index is 0.0881. The Hall–Kier alpha value is -1.21. The van der Waals surface area contributed by atoms with Gasteiger partial charge in [0.1, 0.15) is 11.3 Å². The van der Waals surface area contributed by atoms with Gasteiger partial charge in [0.2, 0.25) is 5.91 Å². The fourth-order valence-corrected chi connectivity index (χ4v) is 4.08. The van der Waals surface area contributed by atoms with Gasteiger partial charge in [0, 0.05) is 10.0 Å². The Morgan fingerprint density at radius 1 is 1.41 bits per heavy atom. The Balaban J connectivity index is 2.12. The zero-order chi connectivity index (χ0) is 16.2. The van der Waals surface area contributed by atoms with E-state index in [1.54, 1.807) is 24.9 Å². The number of thioether (sulfide) groups is 1. The monoisotopic (exact) mass is 387 g/mol. The van der Waals surface area contributed by atoms with Gasteiger partial charge in [0.25, 0.3) is 0 Å². The maximum absolute atomic E-state index is 12.3. The molecule has 1 aliphatic rings. The SMILES string of the molecule is COc1ccc(Br)cc1CC(=O)NC1(C(=O)O)CCSCC1. The van der Waals surface area contributed by atoms with E-state index in [-0.39, 0.29) is 12.3 Å². The number of carbonyl (C=O) groups is 2. The second-order valence-electron chi connectivity index (χ2n) is 5.18. The van der Waals surface area contributed by atoms with Gasteiger partial charge >= 0.3 is 5.97 Å². The van der Waals surface area contributed by atoms with E-state index in [1.807, 2.05) is 12.1 Å². The molecule has 5 nitrogen and oxygen atoms in total. The van der Waals surface area contributed by atoms with Gasteiger partial charge in [-0.1, -0.05) is 15.9 Å². The molecule has 7 heteroatoms. The number of hydrogen-bond acceptors (Lipinski definition) is 4. The van der Waals surface area contributed by atoms with Gasteiger partial charge < -0.3 is 15.2 Å². The molecule has 0 saturated carbocycles. The van der Waals surface area contributed by atoms with Crippen molar-refractivity contribution in [3.05, 3.63) is 28.2 Å². The Kier molecular flexibility index (Phi) is 5.74. The van der Waals surface area contributed by atoms with Crippen LogP contribution >= 0.6 is 27.7 Å². The van der Waals surface area contributed by atoms with Crippen LogP contribution in [0.2, 0.25) is 0 Å². The minimum Gasteiger partial charge on any atom is -0.496 e. The molecule has 1 heterocycles. The van der Waals surface area contributed by atoms with E-state index in [0.717, 1.165) is 21.5 Å². The quantitative estimate of drug-likeness (QED) is 0.811. The summed E-state index contributed by atoms with van der Waals surface area (Å²) in [6.45, 7) is 0. The van der Waals surface area contributed by atoms with Crippen LogP contribution in [0.3, 0.4) is 0 Å². The normalized spacial score (nSPS) is 16.8. The highest BCUT2D eigenvalue weighted by Gasteiger charge is 2.41. The third-order valence-corrected chi connectivity index (χ3v) is 5.21. The molecule has 1 saturated heterocycles. The van der Waals surface area contributed by atoms with E-state index in [1.165, 1.54) is 0 Å². The smallest absolute Gasteiger partial charge is 0.329 e. The third kappa shape index (κ3) is 3.95. The largest absolute Gasteiger partial charge is 0.496 e. The van der Waals surface area contributed by atoms with Gasteiger partial charge in [-0.15, -0.1) is 0 Å². The van der Waals surface area contributed by atoms with Crippen molar-refractivity contribution in [2.75, 3.05) is 18.6 Å². The Labute approximate surface area is 141 Å². The molecule has 2 rings (SSSR count). The lowest BCUT2D eigenvalue weighted by Crippen LogP contribution is -2.56. The van der Waals surface area contributed by atoms with Crippen molar-refractivity contribution in [2.45, 2.75) is 24.8 Å². The Morgan fingerprint density at radius 3 is 2.68 bits per heavy atom. The first-order valence-corrected chi connectivity index (χ1v) is 8.86. The van der Waals surface area contributed by atoms with Crippen molar-refractivity contribution in [3.8, 4) is 5.75 Å². The lowest BCUT2D eigenvalue weighted by Gasteiger charge is -2.33. The number of carbonyl (C=O) groups excluding carboxylic acids is 1. The molecular formula is C15H18BrNO4S. The van der Waals surface area contributed by atoms with E-state index in [4.69, 9.17) is 4.74 Å². The molecule has 0 spiro atoms. The van der Waals surface area contributed by atoms with E-state index in [2.05, 4.69) is 21.2 Å². The molecule has 0 bridgehead atoms. The van der Waals surface area contributed by atoms with Crippen molar-refractivity contribution < 1.29 is 19.4 Å². The first-order chi connectivity index (χ1) is 10.5. The first kappa shape index (κ1) is 17.1. The van der Waals surface area contributed by atoms with Crippen LogP contribution in [0.5, 0.6) is 5.75 Å². The van der Waals surface area contributed by atoms with Crippen molar-refractivity contribution in [1.29, 1.82) is 0 Å². The highest BCUT2D eigenvalue weighted by Crippen LogP contribution is 2.28. The Morgan fingerprint density at radius 2 is 2.09 bits per heavy atom. The van der Waals surface area contributed by atoms with E-state index < -0.39 is 11.5 Å². The molecule has 0 atom stereocenters. The molecule has 22 heavy (non-hydrogen) atoms. The van der Waals surface area contributed by atoms with Gasteiger partial charge in [-0.25, -0.2) is 4.79 Å². The average Bonchev–Trinajstić information content (AvgIpc) is 2.48. The van der Waals surface area contributed by atoms with E-state index in [9.17, 15) is 14.7 Å². The summed E-state index contributed by atoms with van der Waals surface area (Å²) in [5.41, 5.74) is -0.415. The number of hydrogen-bond donors (Lipinski definition) is 2. The van der Waals surface area contributed by atoms with E-state index in [0.29, 0.717) is 18.6 Å². The third-order valence-electron chi connectivity index (χ3n) is 3.73. The zero-order valence-electron chi connectivity index (χ0n) is 12.2. The number of rotatable bonds is 5. The van der Waals surface area contributed by atoms with Gasteiger partial charge in [-0.3, -0.25) is 4.79 Å². The maximum atomic E-state index is 12.3. The number of ether oxygens (including phenoxy) is 1. The molecule has 0 unspecified atom stereocenters. The van der Waals surface area contributed by atoms with Crippen LogP contribution in [0.1, 0.15) is 18.4 Å². The Bertz CT molecular complexity index is 573. The summed E-state index contributed by atoms with van der Waals surface area (Å²) >= 11 is 5.08. The molecule has 120 valence electrons. The maximum Gasteiger partial charge on any atom is 0.329 e. The topological polar surface area (TPSA) is 75.6 Å². The molecule has 1 fully saturated rings. The molecule has 1 aromatic carbocycles. The minimum atomic E-state index is -1.14. The number of amides is 1. The zero-order valence-corrected chi connectivity index (χ0v) is 14.6. The van der Waals surface area contributed by atoms with Gasteiger partial charge in [0.05, 0.1) is 13.5 Å². The summed E-state index contributed by atoms with van der Waals surface area (Å²) in [6, 6.07) is 5.41. The fraction of sp³-hybridized carbons (Fsp3) is 0.467. The predicted molar refractivity (Wildman–Crippen MR) is 89.5 cm³/mol.